The molecule has 23 heavy (non-hydrogen) atoms. The summed E-state index contributed by atoms with van der Waals surface area (Å²) in [6.07, 6.45) is 1.87. The molecule has 4 heteroatoms. The van der Waals surface area contributed by atoms with E-state index in [1.807, 2.05) is 56.3 Å². The van der Waals surface area contributed by atoms with Gasteiger partial charge in [-0.25, -0.2) is 0 Å². The van der Waals surface area contributed by atoms with Crippen LogP contribution in [0.2, 0.25) is 0 Å². The van der Waals surface area contributed by atoms with E-state index in [4.69, 9.17) is 19.9 Å². The molecule has 2 aromatic rings. The number of nitrogens with two attached hydrogens (primary N) is 1. The van der Waals surface area contributed by atoms with Crippen LogP contribution in [0.5, 0.6) is 17.2 Å². The minimum atomic E-state index is 0.664. The molecule has 2 rings (SSSR count). The summed E-state index contributed by atoms with van der Waals surface area (Å²) < 4.78 is 16.9. The quantitative estimate of drug-likeness (QED) is 0.556. The maximum atomic E-state index is 5.76. The van der Waals surface area contributed by atoms with Gasteiger partial charge in [-0.1, -0.05) is 6.07 Å². The van der Waals surface area contributed by atoms with E-state index in [-0.39, 0.29) is 0 Å². The average molecular weight is 315 g/mol. The van der Waals surface area contributed by atoms with Crippen LogP contribution >= 0.6 is 0 Å². The fourth-order valence-corrected chi connectivity index (χ4v) is 2.15. The van der Waals surface area contributed by atoms with Crippen LogP contribution < -0.4 is 19.9 Å². The summed E-state index contributed by atoms with van der Waals surface area (Å²) in [5, 5.41) is 0. The zero-order chi connectivity index (χ0) is 16.5. The fraction of sp³-hybridized carbons (Fsp3) is 0.368. The molecule has 0 bridgehead atoms. The normalized spacial score (nSPS) is 10.3. The maximum absolute atomic E-state index is 5.76. The van der Waals surface area contributed by atoms with E-state index in [1.54, 1.807) is 0 Å². The van der Waals surface area contributed by atoms with Crippen LogP contribution in [-0.2, 0) is 0 Å². The van der Waals surface area contributed by atoms with Crippen LogP contribution in [0.3, 0.4) is 0 Å². The van der Waals surface area contributed by atoms with Crippen molar-refractivity contribution < 1.29 is 14.2 Å². The summed E-state index contributed by atoms with van der Waals surface area (Å²) >= 11 is 0. The lowest BCUT2D eigenvalue weighted by atomic mass is 10.2. The first-order valence-electron chi connectivity index (χ1n) is 8.03. The third-order valence-electron chi connectivity index (χ3n) is 3.41. The van der Waals surface area contributed by atoms with Crippen molar-refractivity contribution in [3.63, 3.8) is 0 Å². The van der Waals surface area contributed by atoms with Crippen molar-refractivity contribution in [1.82, 2.24) is 0 Å². The van der Waals surface area contributed by atoms with Gasteiger partial charge in [0, 0.05) is 11.8 Å². The molecule has 0 aliphatic heterocycles. The van der Waals surface area contributed by atoms with Gasteiger partial charge in [0.1, 0.15) is 17.2 Å². The first kappa shape index (κ1) is 17.0. The third-order valence-corrected chi connectivity index (χ3v) is 3.41. The number of benzene rings is 2. The molecule has 4 nitrogen and oxygen atoms in total. The van der Waals surface area contributed by atoms with E-state index in [0.29, 0.717) is 19.8 Å². The van der Waals surface area contributed by atoms with E-state index in [0.717, 1.165) is 41.3 Å². The van der Waals surface area contributed by atoms with Gasteiger partial charge in [0.25, 0.3) is 0 Å². The Morgan fingerprint density at radius 1 is 0.826 bits per heavy atom. The zero-order valence-corrected chi connectivity index (χ0v) is 13.9. The van der Waals surface area contributed by atoms with E-state index >= 15 is 0 Å². The van der Waals surface area contributed by atoms with E-state index in [2.05, 4.69) is 0 Å². The van der Waals surface area contributed by atoms with Crippen molar-refractivity contribution >= 4 is 5.69 Å². The lowest BCUT2D eigenvalue weighted by molar-refractivity contribution is 0.265. The number of nitrogen functional groups attached to an aromatic ring is 1. The summed E-state index contributed by atoms with van der Waals surface area (Å²) in [5.41, 5.74) is 7.59. The molecular weight excluding hydrogens is 290 g/mol. The molecule has 0 saturated heterocycles. The molecule has 0 fully saturated rings. The molecule has 0 aromatic heterocycles. The maximum Gasteiger partial charge on any atom is 0.124 e. The highest BCUT2D eigenvalue weighted by Crippen LogP contribution is 2.21. The molecule has 0 amide bonds. The third kappa shape index (κ3) is 5.74. The molecule has 0 aliphatic rings. The first-order valence-corrected chi connectivity index (χ1v) is 8.03. The highest BCUT2D eigenvalue weighted by atomic mass is 16.5. The Morgan fingerprint density at radius 3 is 2.09 bits per heavy atom. The Labute approximate surface area is 138 Å². The summed E-state index contributed by atoms with van der Waals surface area (Å²) in [6.45, 7) is 6.00. The van der Waals surface area contributed by atoms with Crippen molar-refractivity contribution in [2.45, 2.75) is 26.7 Å². The smallest absolute Gasteiger partial charge is 0.124 e. The second-order valence-corrected chi connectivity index (χ2v) is 5.33. The van der Waals surface area contributed by atoms with Crippen molar-refractivity contribution in [2.75, 3.05) is 25.6 Å². The van der Waals surface area contributed by atoms with Crippen LogP contribution in [0, 0.1) is 6.92 Å². The Balaban J connectivity index is 1.63. The number of hydrogen-bond acceptors (Lipinski definition) is 4. The Morgan fingerprint density at radius 2 is 1.43 bits per heavy atom. The second-order valence-electron chi connectivity index (χ2n) is 5.33. The largest absolute Gasteiger partial charge is 0.494 e. The molecule has 0 spiro atoms. The topological polar surface area (TPSA) is 53.7 Å². The van der Waals surface area contributed by atoms with Crippen LogP contribution in [-0.4, -0.2) is 19.8 Å². The molecule has 0 aliphatic carbocycles. The van der Waals surface area contributed by atoms with Crippen molar-refractivity contribution in [3.05, 3.63) is 48.0 Å². The molecular formula is C19H25NO3. The Kier molecular flexibility index (Phi) is 6.60. The van der Waals surface area contributed by atoms with Crippen LogP contribution in [0.15, 0.2) is 42.5 Å². The summed E-state index contributed by atoms with van der Waals surface area (Å²) in [5.74, 6) is 2.59. The van der Waals surface area contributed by atoms with Crippen molar-refractivity contribution in [3.8, 4) is 17.2 Å². The van der Waals surface area contributed by atoms with E-state index in [1.165, 1.54) is 0 Å². The SMILES string of the molecule is CCOc1ccc(OCCCCOc2cc(N)ccc2C)cc1. The molecule has 0 heterocycles. The fourth-order valence-electron chi connectivity index (χ4n) is 2.15. The van der Waals surface area contributed by atoms with E-state index in [9.17, 15) is 0 Å². The number of aryl methyl sites for hydroxylation is 1. The first-order chi connectivity index (χ1) is 11.2. The van der Waals surface area contributed by atoms with Crippen molar-refractivity contribution in [2.24, 2.45) is 0 Å². The number of rotatable bonds is 9. The van der Waals surface area contributed by atoms with Crippen LogP contribution in [0.1, 0.15) is 25.3 Å². The lowest BCUT2D eigenvalue weighted by Crippen LogP contribution is -2.03. The molecule has 0 atom stereocenters. The van der Waals surface area contributed by atoms with Gasteiger partial charge in [-0.2, -0.15) is 0 Å². The molecule has 0 radical (unpaired) electrons. The monoisotopic (exact) mass is 315 g/mol. The summed E-state index contributed by atoms with van der Waals surface area (Å²) in [4.78, 5) is 0. The van der Waals surface area contributed by atoms with Crippen molar-refractivity contribution in [1.29, 1.82) is 0 Å². The summed E-state index contributed by atoms with van der Waals surface area (Å²) in [7, 11) is 0. The minimum Gasteiger partial charge on any atom is -0.494 e. The molecule has 124 valence electrons. The predicted molar refractivity (Wildman–Crippen MR) is 93.4 cm³/mol. The standard InChI is InChI=1S/C19H25NO3/c1-3-21-17-8-10-18(11-9-17)22-12-4-5-13-23-19-14-16(20)7-6-15(19)2/h6-11,14H,3-5,12-13,20H2,1-2H3. The number of ether oxygens (including phenoxy) is 3. The molecule has 2 N–H and O–H groups in total. The second kappa shape index (κ2) is 8.93. The van der Waals surface area contributed by atoms with Gasteiger partial charge >= 0.3 is 0 Å². The minimum absolute atomic E-state index is 0.664. The highest BCUT2D eigenvalue weighted by Gasteiger charge is 2.00. The zero-order valence-electron chi connectivity index (χ0n) is 13.9. The van der Waals surface area contributed by atoms with Gasteiger partial charge in [0.15, 0.2) is 0 Å². The average Bonchev–Trinajstić information content (AvgIpc) is 2.55. The van der Waals surface area contributed by atoms with Gasteiger partial charge in [-0.15, -0.1) is 0 Å². The summed E-state index contributed by atoms with van der Waals surface area (Å²) in [6, 6.07) is 13.4. The lowest BCUT2D eigenvalue weighted by Gasteiger charge is -2.10. The van der Waals surface area contributed by atoms with Gasteiger partial charge in [-0.05, 0) is 62.6 Å². The Bertz CT molecular complexity index is 596. The number of anilines is 1. The van der Waals surface area contributed by atoms with Gasteiger partial charge in [0.2, 0.25) is 0 Å². The highest BCUT2D eigenvalue weighted by molar-refractivity contribution is 5.47. The molecule has 0 unspecified atom stereocenters. The van der Waals surface area contributed by atoms with Gasteiger partial charge in [-0.3, -0.25) is 0 Å². The predicted octanol–water partition coefficient (Wildman–Crippen LogP) is 4.21. The van der Waals surface area contributed by atoms with Crippen LogP contribution in [0.4, 0.5) is 5.69 Å². The Hall–Kier alpha value is -2.36. The van der Waals surface area contributed by atoms with Crippen LogP contribution in [0.25, 0.3) is 0 Å². The van der Waals surface area contributed by atoms with E-state index < -0.39 is 0 Å². The van der Waals surface area contributed by atoms with Gasteiger partial charge in [0.05, 0.1) is 19.8 Å². The molecule has 0 saturated carbocycles. The van der Waals surface area contributed by atoms with Gasteiger partial charge < -0.3 is 19.9 Å². The molecule has 2 aromatic carbocycles. The number of hydrogen-bond donors (Lipinski definition) is 1. The number of unbranched alkanes of at least 4 members (excludes halogenated alkanes) is 1.